The number of carbonyl (C=O) groups is 2. The van der Waals surface area contributed by atoms with Gasteiger partial charge in [-0.2, -0.15) is 0 Å². The maximum atomic E-state index is 12.1. The van der Waals surface area contributed by atoms with E-state index in [-0.39, 0.29) is 22.5 Å². The van der Waals surface area contributed by atoms with Gasteiger partial charge in [0.1, 0.15) is 5.75 Å². The van der Waals surface area contributed by atoms with Gasteiger partial charge in [0, 0.05) is 17.3 Å². The number of esters is 1. The van der Waals surface area contributed by atoms with Crippen molar-refractivity contribution in [1.29, 1.82) is 0 Å². The summed E-state index contributed by atoms with van der Waals surface area (Å²) in [5, 5.41) is 0. The molecule has 0 amide bonds. The van der Waals surface area contributed by atoms with Crippen LogP contribution in [0, 0.1) is 5.92 Å². The Hall–Kier alpha value is -1.24. The van der Waals surface area contributed by atoms with Crippen LogP contribution in [0.15, 0.2) is 42.0 Å². The van der Waals surface area contributed by atoms with Crippen molar-refractivity contribution in [2.24, 2.45) is 5.92 Å². The molecule has 1 aliphatic heterocycles. The molecule has 1 saturated heterocycles. The number of rotatable bonds is 2. The van der Waals surface area contributed by atoms with Crippen LogP contribution in [-0.2, 0) is 14.3 Å². The first kappa shape index (κ1) is 17.6. The predicted molar refractivity (Wildman–Crippen MR) is 98.3 cm³/mol. The minimum absolute atomic E-state index is 0.0472. The predicted octanol–water partition coefficient (Wildman–Crippen LogP) is 4.03. The number of carbonyl (C=O) groups excluding carboxylic acids is 2. The third-order valence-electron chi connectivity index (χ3n) is 4.33. The monoisotopic (exact) mass is 454 g/mol. The SMILES string of the molecule is CC(=O)Oc1ccc(/C(Br)=C2\CO[C@]3(C)C=CC(=O)[C@@H](Br)[C@H]23)cc1. The number of ether oxygens (including phenoxy) is 2. The van der Waals surface area contributed by atoms with Crippen LogP contribution < -0.4 is 4.74 Å². The Labute approximate surface area is 157 Å². The fraction of sp³-hybridized carbons (Fsp3) is 0.333. The standard InChI is InChI=1S/C18H16Br2O4/c1-10(21)24-12-5-3-11(4-6-12)16(19)13-9-23-18(2)8-7-14(22)17(20)15(13)18/h3-8,15,17H,9H2,1-2H3/b16-13-/t15-,17+,18+/m0/s1. The van der Waals surface area contributed by atoms with E-state index < -0.39 is 5.60 Å². The Morgan fingerprint density at radius 3 is 2.62 bits per heavy atom. The van der Waals surface area contributed by atoms with E-state index in [1.165, 1.54) is 6.92 Å². The molecule has 1 aliphatic carbocycles. The first-order chi connectivity index (χ1) is 11.3. The summed E-state index contributed by atoms with van der Waals surface area (Å²) in [5.41, 5.74) is 1.49. The van der Waals surface area contributed by atoms with Crippen molar-refractivity contribution < 1.29 is 19.1 Å². The Morgan fingerprint density at radius 2 is 2.00 bits per heavy atom. The van der Waals surface area contributed by atoms with E-state index in [4.69, 9.17) is 9.47 Å². The summed E-state index contributed by atoms with van der Waals surface area (Å²) in [6.45, 7) is 3.81. The molecule has 1 heterocycles. The van der Waals surface area contributed by atoms with Crippen LogP contribution >= 0.6 is 31.9 Å². The van der Waals surface area contributed by atoms with Crippen molar-refractivity contribution in [2.45, 2.75) is 24.3 Å². The van der Waals surface area contributed by atoms with Crippen LogP contribution in [0.1, 0.15) is 19.4 Å². The third kappa shape index (κ3) is 3.15. The summed E-state index contributed by atoms with van der Waals surface area (Å²) in [6.07, 6.45) is 3.43. The molecule has 0 bridgehead atoms. The molecule has 126 valence electrons. The molecule has 2 aliphatic rings. The first-order valence-corrected chi connectivity index (χ1v) is 9.21. The number of hydrogen-bond donors (Lipinski definition) is 0. The zero-order valence-electron chi connectivity index (χ0n) is 13.2. The molecule has 1 fully saturated rings. The molecule has 6 heteroatoms. The van der Waals surface area contributed by atoms with Crippen molar-refractivity contribution in [2.75, 3.05) is 6.61 Å². The highest BCUT2D eigenvalue weighted by atomic mass is 79.9. The van der Waals surface area contributed by atoms with Crippen LogP contribution in [0.2, 0.25) is 0 Å². The maximum absolute atomic E-state index is 12.1. The van der Waals surface area contributed by atoms with Gasteiger partial charge in [-0.1, -0.05) is 44.0 Å². The molecule has 0 N–H and O–H groups in total. The van der Waals surface area contributed by atoms with Gasteiger partial charge in [0.05, 0.1) is 17.0 Å². The lowest BCUT2D eigenvalue weighted by Crippen LogP contribution is -2.42. The van der Waals surface area contributed by atoms with Crippen LogP contribution in [0.4, 0.5) is 0 Å². The Balaban J connectivity index is 1.95. The van der Waals surface area contributed by atoms with Gasteiger partial charge < -0.3 is 9.47 Å². The lowest BCUT2D eigenvalue weighted by atomic mass is 9.78. The molecule has 24 heavy (non-hydrogen) atoms. The van der Waals surface area contributed by atoms with Gasteiger partial charge in [-0.05, 0) is 42.3 Å². The van der Waals surface area contributed by atoms with Gasteiger partial charge in [0.15, 0.2) is 5.78 Å². The molecule has 4 nitrogen and oxygen atoms in total. The van der Waals surface area contributed by atoms with Gasteiger partial charge in [-0.15, -0.1) is 0 Å². The van der Waals surface area contributed by atoms with Gasteiger partial charge in [0.25, 0.3) is 0 Å². The Morgan fingerprint density at radius 1 is 1.33 bits per heavy atom. The summed E-state index contributed by atoms with van der Waals surface area (Å²) in [7, 11) is 0. The zero-order valence-corrected chi connectivity index (χ0v) is 16.4. The van der Waals surface area contributed by atoms with E-state index in [1.807, 2.05) is 25.1 Å². The molecule has 0 radical (unpaired) electrons. The summed E-state index contributed by atoms with van der Waals surface area (Å²) < 4.78 is 11.9. The molecule has 0 aromatic heterocycles. The number of fused-ring (bicyclic) bond motifs is 1. The molecule has 0 saturated carbocycles. The highest BCUT2D eigenvalue weighted by Crippen LogP contribution is 2.48. The van der Waals surface area contributed by atoms with Crippen LogP contribution in [-0.4, -0.2) is 28.8 Å². The minimum atomic E-state index is -0.492. The second kappa shape index (κ2) is 6.58. The quantitative estimate of drug-likeness (QED) is 0.384. The smallest absolute Gasteiger partial charge is 0.308 e. The van der Waals surface area contributed by atoms with E-state index in [1.54, 1.807) is 18.2 Å². The molecule has 0 unspecified atom stereocenters. The van der Waals surface area contributed by atoms with Gasteiger partial charge in [-0.25, -0.2) is 0 Å². The van der Waals surface area contributed by atoms with E-state index in [0.29, 0.717) is 12.4 Å². The summed E-state index contributed by atoms with van der Waals surface area (Å²) in [5.74, 6) is 0.122. The summed E-state index contributed by atoms with van der Waals surface area (Å²) >= 11 is 7.18. The molecule has 1 aromatic rings. The lowest BCUT2D eigenvalue weighted by Gasteiger charge is -2.33. The fourth-order valence-corrected chi connectivity index (χ4v) is 4.72. The number of hydrogen-bond acceptors (Lipinski definition) is 4. The highest BCUT2D eigenvalue weighted by molar-refractivity contribution is 9.15. The Bertz CT molecular complexity index is 751. The average Bonchev–Trinajstić information content (AvgIpc) is 2.89. The van der Waals surface area contributed by atoms with Crippen molar-refractivity contribution in [3.63, 3.8) is 0 Å². The van der Waals surface area contributed by atoms with E-state index in [9.17, 15) is 9.59 Å². The number of benzene rings is 1. The van der Waals surface area contributed by atoms with E-state index in [2.05, 4.69) is 31.9 Å². The van der Waals surface area contributed by atoms with Crippen molar-refractivity contribution in [3.05, 3.63) is 47.6 Å². The maximum Gasteiger partial charge on any atom is 0.308 e. The van der Waals surface area contributed by atoms with Crippen LogP contribution in [0.25, 0.3) is 4.48 Å². The number of ketones is 1. The minimum Gasteiger partial charge on any atom is -0.427 e. The molecule has 1 aromatic carbocycles. The lowest BCUT2D eigenvalue weighted by molar-refractivity contribution is -0.131. The number of allylic oxidation sites excluding steroid dienone is 1. The van der Waals surface area contributed by atoms with Crippen molar-refractivity contribution >= 4 is 48.1 Å². The average molecular weight is 456 g/mol. The summed E-state index contributed by atoms with van der Waals surface area (Å²) in [4.78, 5) is 22.7. The molecular formula is C18H16Br2O4. The van der Waals surface area contributed by atoms with Crippen molar-refractivity contribution in [3.8, 4) is 5.75 Å². The third-order valence-corrected chi connectivity index (χ3v) is 6.27. The number of halogens is 2. The van der Waals surface area contributed by atoms with E-state index in [0.717, 1.165) is 15.6 Å². The Kier molecular flexibility index (Phi) is 4.82. The van der Waals surface area contributed by atoms with Gasteiger partial charge >= 0.3 is 5.97 Å². The second-order valence-corrected chi connectivity index (χ2v) is 7.82. The largest absolute Gasteiger partial charge is 0.427 e. The molecular weight excluding hydrogens is 440 g/mol. The van der Waals surface area contributed by atoms with Crippen LogP contribution in [0.3, 0.4) is 0 Å². The molecule has 3 atom stereocenters. The topological polar surface area (TPSA) is 52.6 Å². The van der Waals surface area contributed by atoms with Gasteiger partial charge in [-0.3, -0.25) is 9.59 Å². The van der Waals surface area contributed by atoms with Crippen LogP contribution in [0.5, 0.6) is 5.75 Å². The second-order valence-electron chi connectivity index (χ2n) is 6.04. The first-order valence-electron chi connectivity index (χ1n) is 7.50. The highest BCUT2D eigenvalue weighted by Gasteiger charge is 2.50. The zero-order chi connectivity index (χ0) is 17.5. The number of alkyl halides is 1. The van der Waals surface area contributed by atoms with Crippen molar-refractivity contribution in [1.82, 2.24) is 0 Å². The fourth-order valence-electron chi connectivity index (χ4n) is 3.10. The summed E-state index contributed by atoms with van der Waals surface area (Å²) in [6, 6.07) is 7.22. The normalized spacial score (nSPS) is 30.9. The van der Waals surface area contributed by atoms with Gasteiger partial charge in [0.2, 0.25) is 0 Å². The van der Waals surface area contributed by atoms with E-state index >= 15 is 0 Å². The molecule has 0 spiro atoms. The molecule has 3 rings (SSSR count).